The van der Waals surface area contributed by atoms with Crippen LogP contribution in [0.3, 0.4) is 0 Å². The van der Waals surface area contributed by atoms with Gasteiger partial charge in [0.25, 0.3) is 0 Å². The number of fused-ring (bicyclic) bond motifs is 1. The molecule has 4 heteroatoms. The molecule has 0 saturated heterocycles. The average molecular weight is 234 g/mol. The minimum atomic E-state index is -0.336. The molecule has 17 heavy (non-hydrogen) atoms. The summed E-state index contributed by atoms with van der Waals surface area (Å²) in [7, 11) is 0. The fourth-order valence-corrected chi connectivity index (χ4v) is 2.35. The number of benzene rings is 1. The molecule has 0 aromatic heterocycles. The Hall–Kier alpha value is -1.42. The summed E-state index contributed by atoms with van der Waals surface area (Å²) in [6.07, 6.45) is 1.08. The lowest BCUT2D eigenvalue weighted by molar-refractivity contribution is -0.117. The summed E-state index contributed by atoms with van der Waals surface area (Å²) in [5.41, 5.74) is 1.70. The van der Waals surface area contributed by atoms with Crippen LogP contribution in [0.25, 0.3) is 0 Å². The number of nitrogens with one attached hydrogen (secondary N) is 2. The maximum absolute atomic E-state index is 13.0. The Bertz CT molecular complexity index is 498. The highest BCUT2D eigenvalue weighted by molar-refractivity contribution is 6.02. The number of hydrogen-bond donors (Lipinski definition) is 2. The van der Waals surface area contributed by atoms with Gasteiger partial charge < -0.3 is 5.32 Å². The Morgan fingerprint density at radius 1 is 1.47 bits per heavy atom. The first-order valence-electron chi connectivity index (χ1n) is 5.84. The van der Waals surface area contributed by atoms with Crippen molar-refractivity contribution in [1.82, 2.24) is 5.32 Å². The third kappa shape index (κ3) is 1.72. The van der Waals surface area contributed by atoms with Gasteiger partial charge in [-0.05, 0) is 24.0 Å². The lowest BCUT2D eigenvalue weighted by atomic mass is 10.1. The van der Waals surface area contributed by atoms with Crippen molar-refractivity contribution < 1.29 is 9.18 Å². The van der Waals surface area contributed by atoms with Gasteiger partial charge in [0.05, 0.1) is 0 Å². The second-order valence-corrected chi connectivity index (χ2v) is 5.57. The Labute approximate surface area is 99.4 Å². The molecular weight excluding hydrogens is 219 g/mol. The summed E-state index contributed by atoms with van der Waals surface area (Å²) < 4.78 is 13.0. The molecule has 0 bridgehead atoms. The molecule has 2 aliphatic rings. The summed E-state index contributed by atoms with van der Waals surface area (Å²) >= 11 is 0. The van der Waals surface area contributed by atoms with E-state index in [-0.39, 0.29) is 23.2 Å². The molecule has 1 fully saturated rings. The molecule has 0 spiro atoms. The number of anilines is 1. The summed E-state index contributed by atoms with van der Waals surface area (Å²) in [6, 6.07) is 4.47. The number of amides is 1. The van der Waals surface area contributed by atoms with Crippen LogP contribution < -0.4 is 10.6 Å². The van der Waals surface area contributed by atoms with Crippen molar-refractivity contribution in [3.63, 3.8) is 0 Å². The average Bonchev–Trinajstić information content (AvgIpc) is 2.71. The Kier molecular flexibility index (Phi) is 2.08. The zero-order valence-electron chi connectivity index (χ0n) is 9.88. The molecular formula is C13H15FN2O. The molecule has 1 aromatic rings. The van der Waals surface area contributed by atoms with Crippen molar-refractivity contribution in [2.24, 2.45) is 5.41 Å². The van der Waals surface area contributed by atoms with Crippen molar-refractivity contribution in [2.45, 2.75) is 32.4 Å². The van der Waals surface area contributed by atoms with Crippen LogP contribution >= 0.6 is 0 Å². The lowest BCUT2D eigenvalue weighted by Gasteiger charge is -2.12. The predicted octanol–water partition coefficient (Wildman–Crippen LogP) is 2.21. The first-order chi connectivity index (χ1) is 7.97. The second kappa shape index (κ2) is 3.29. The van der Waals surface area contributed by atoms with Gasteiger partial charge in [-0.3, -0.25) is 10.1 Å². The van der Waals surface area contributed by atoms with E-state index >= 15 is 0 Å². The van der Waals surface area contributed by atoms with E-state index in [4.69, 9.17) is 0 Å². The van der Waals surface area contributed by atoms with Crippen LogP contribution in [0.1, 0.15) is 31.9 Å². The van der Waals surface area contributed by atoms with E-state index in [1.165, 1.54) is 12.1 Å². The zero-order valence-corrected chi connectivity index (χ0v) is 9.88. The van der Waals surface area contributed by atoms with Gasteiger partial charge in [0.2, 0.25) is 5.91 Å². The Balaban J connectivity index is 1.85. The van der Waals surface area contributed by atoms with Gasteiger partial charge >= 0.3 is 0 Å². The highest BCUT2D eigenvalue weighted by Crippen LogP contribution is 2.46. The fourth-order valence-electron chi connectivity index (χ4n) is 2.35. The maximum Gasteiger partial charge on any atom is 0.246 e. The van der Waals surface area contributed by atoms with Gasteiger partial charge in [-0.2, -0.15) is 0 Å². The zero-order chi connectivity index (χ0) is 12.2. The van der Waals surface area contributed by atoms with Gasteiger partial charge in [-0.15, -0.1) is 0 Å². The minimum absolute atomic E-state index is 0.0895. The Morgan fingerprint density at radius 2 is 2.18 bits per heavy atom. The largest absolute Gasteiger partial charge is 0.324 e. The third-order valence-electron chi connectivity index (χ3n) is 3.73. The van der Waals surface area contributed by atoms with E-state index in [9.17, 15) is 9.18 Å². The summed E-state index contributed by atoms with van der Waals surface area (Å²) in [4.78, 5) is 11.8. The predicted molar refractivity (Wildman–Crippen MR) is 63.1 cm³/mol. The van der Waals surface area contributed by atoms with E-state index in [0.717, 1.165) is 12.0 Å². The second-order valence-electron chi connectivity index (χ2n) is 5.57. The van der Waals surface area contributed by atoms with Gasteiger partial charge in [-0.1, -0.05) is 19.9 Å². The summed E-state index contributed by atoms with van der Waals surface area (Å²) in [5.74, 6) is -0.412. The highest BCUT2D eigenvalue weighted by atomic mass is 19.1. The molecule has 2 N–H and O–H groups in total. The van der Waals surface area contributed by atoms with Crippen LogP contribution in [0.5, 0.6) is 0 Å². The van der Waals surface area contributed by atoms with Crippen molar-refractivity contribution in [3.05, 3.63) is 29.6 Å². The van der Waals surface area contributed by atoms with E-state index in [0.29, 0.717) is 11.7 Å². The molecule has 0 radical (unpaired) electrons. The third-order valence-corrected chi connectivity index (χ3v) is 3.73. The van der Waals surface area contributed by atoms with Crippen LogP contribution in [0.4, 0.5) is 10.1 Å². The van der Waals surface area contributed by atoms with Crippen molar-refractivity contribution >= 4 is 11.6 Å². The summed E-state index contributed by atoms with van der Waals surface area (Å²) in [5, 5.41) is 6.04. The maximum atomic E-state index is 13.0. The van der Waals surface area contributed by atoms with E-state index in [1.807, 2.05) is 0 Å². The number of carbonyl (C=O) groups excluding carboxylic acids is 1. The molecule has 1 amide bonds. The molecule has 1 aliphatic heterocycles. The quantitative estimate of drug-likeness (QED) is 0.823. The number of carbonyl (C=O) groups is 1. The van der Waals surface area contributed by atoms with Crippen LogP contribution in [-0.4, -0.2) is 11.9 Å². The molecule has 2 atom stereocenters. The lowest BCUT2D eigenvalue weighted by Crippen LogP contribution is -2.31. The molecule has 3 nitrogen and oxygen atoms in total. The molecule has 1 aromatic carbocycles. The van der Waals surface area contributed by atoms with Crippen LogP contribution in [0, 0.1) is 11.2 Å². The highest BCUT2D eigenvalue weighted by Gasteiger charge is 2.48. The first-order valence-corrected chi connectivity index (χ1v) is 5.84. The van der Waals surface area contributed by atoms with Crippen LogP contribution in [0.2, 0.25) is 0 Å². The SMILES string of the molecule is CC1(C)CC1NC1C(=O)Nc2cc(F)ccc21. The molecule has 90 valence electrons. The number of halogens is 1. The van der Waals surface area contributed by atoms with Gasteiger partial charge in [0, 0.05) is 17.3 Å². The van der Waals surface area contributed by atoms with E-state index < -0.39 is 0 Å². The normalized spacial score (nSPS) is 28.8. The molecule has 2 unspecified atom stereocenters. The van der Waals surface area contributed by atoms with Crippen molar-refractivity contribution in [2.75, 3.05) is 5.32 Å². The van der Waals surface area contributed by atoms with Crippen LogP contribution in [0.15, 0.2) is 18.2 Å². The fraction of sp³-hybridized carbons (Fsp3) is 0.462. The van der Waals surface area contributed by atoms with Gasteiger partial charge in [0.1, 0.15) is 11.9 Å². The van der Waals surface area contributed by atoms with Gasteiger partial charge in [-0.25, -0.2) is 4.39 Å². The number of rotatable bonds is 2. The van der Waals surface area contributed by atoms with Crippen molar-refractivity contribution in [3.8, 4) is 0 Å². The van der Waals surface area contributed by atoms with E-state index in [1.54, 1.807) is 6.07 Å². The molecule has 1 saturated carbocycles. The topological polar surface area (TPSA) is 41.1 Å². The monoisotopic (exact) mass is 234 g/mol. The molecule has 1 heterocycles. The Morgan fingerprint density at radius 3 is 2.82 bits per heavy atom. The van der Waals surface area contributed by atoms with Gasteiger partial charge in [0.15, 0.2) is 0 Å². The standard InChI is InChI=1S/C13H15FN2O/c1-13(2)6-10(13)16-11-8-4-3-7(14)5-9(8)15-12(11)17/h3-5,10-11,16H,6H2,1-2H3,(H,15,17). The minimum Gasteiger partial charge on any atom is -0.324 e. The first kappa shape index (κ1) is 10.7. The molecule has 3 rings (SSSR count). The van der Waals surface area contributed by atoms with Crippen LogP contribution in [-0.2, 0) is 4.79 Å². The molecule has 1 aliphatic carbocycles. The number of hydrogen-bond acceptors (Lipinski definition) is 2. The van der Waals surface area contributed by atoms with E-state index in [2.05, 4.69) is 24.5 Å². The van der Waals surface area contributed by atoms with Crippen molar-refractivity contribution in [1.29, 1.82) is 0 Å². The summed E-state index contributed by atoms with van der Waals surface area (Å²) in [6.45, 7) is 4.34. The smallest absolute Gasteiger partial charge is 0.246 e.